The third-order valence-electron chi connectivity index (χ3n) is 10.0. The van der Waals surface area contributed by atoms with E-state index >= 15 is 0 Å². The molecule has 2 nitrogen and oxygen atoms in total. The fraction of sp³-hybridized carbons (Fsp3) is 0.116. The van der Waals surface area contributed by atoms with Gasteiger partial charge in [0.1, 0.15) is 0 Å². The second-order valence-electron chi connectivity index (χ2n) is 12.9. The van der Waals surface area contributed by atoms with Crippen LogP contribution < -0.4 is 0 Å². The molecule has 0 fully saturated rings. The molecule has 212 valence electrons. The van der Waals surface area contributed by atoms with Gasteiger partial charge in [-0.05, 0) is 97.6 Å². The van der Waals surface area contributed by atoms with Crippen molar-refractivity contribution >= 4 is 54.5 Å². The molecule has 0 saturated heterocycles. The number of aromatic nitrogens is 1. The van der Waals surface area contributed by atoms with E-state index in [9.17, 15) is 0 Å². The van der Waals surface area contributed by atoms with Gasteiger partial charge in [-0.25, -0.2) is 9.83 Å². The van der Waals surface area contributed by atoms with Crippen molar-refractivity contribution in [3.63, 3.8) is 0 Å². The molecule has 9 rings (SSSR count). The third-order valence-corrected chi connectivity index (χ3v) is 10.0. The van der Waals surface area contributed by atoms with Gasteiger partial charge in [-0.3, -0.25) is 0 Å². The molecule has 0 aliphatic heterocycles. The highest BCUT2D eigenvalue weighted by atomic mass is 14.7. The molecule has 0 amide bonds. The van der Waals surface area contributed by atoms with Gasteiger partial charge in [0.15, 0.2) is 5.69 Å². The topological polar surface area (TPSA) is 17.2 Å². The highest BCUT2D eigenvalue weighted by Crippen LogP contribution is 2.51. The van der Waals surface area contributed by atoms with Crippen molar-refractivity contribution in [1.82, 2.24) is 4.98 Å². The average Bonchev–Trinajstić information content (AvgIpc) is 3.31. The molecule has 0 saturated carbocycles. The maximum Gasteiger partial charge on any atom is 0.187 e. The number of pyridine rings is 1. The third kappa shape index (κ3) is 3.77. The smallest absolute Gasteiger partial charge is 0.187 e. The van der Waals surface area contributed by atoms with Crippen LogP contribution in [0.2, 0.25) is 0 Å². The van der Waals surface area contributed by atoms with Gasteiger partial charge in [0, 0.05) is 21.6 Å². The van der Waals surface area contributed by atoms with Crippen LogP contribution in [0.1, 0.15) is 43.5 Å². The molecule has 2 aliphatic carbocycles. The zero-order valence-electron chi connectivity index (χ0n) is 25.4. The van der Waals surface area contributed by atoms with Gasteiger partial charge < -0.3 is 0 Å². The molecule has 2 heteroatoms. The Kier molecular flexibility index (Phi) is 5.47. The second kappa shape index (κ2) is 9.49. The molecule has 0 radical (unpaired) electrons. The Morgan fingerprint density at radius 1 is 0.667 bits per heavy atom. The second-order valence-corrected chi connectivity index (χ2v) is 12.9. The molecular weight excluding hydrogens is 544 g/mol. The lowest BCUT2D eigenvalue weighted by atomic mass is 9.81. The Bertz CT molecular complexity index is 2520. The van der Waals surface area contributed by atoms with Gasteiger partial charge in [0.05, 0.1) is 17.8 Å². The molecule has 0 unspecified atom stereocenters. The number of allylic oxidation sites excluding steroid dienone is 4. The summed E-state index contributed by atoms with van der Waals surface area (Å²) in [7, 11) is 0. The molecule has 0 spiro atoms. The van der Waals surface area contributed by atoms with Crippen molar-refractivity contribution < 1.29 is 0 Å². The Morgan fingerprint density at radius 2 is 1.40 bits per heavy atom. The van der Waals surface area contributed by atoms with Crippen LogP contribution in [0.25, 0.3) is 75.9 Å². The minimum absolute atomic E-state index is 0.199. The first-order chi connectivity index (χ1) is 22.0. The van der Waals surface area contributed by atoms with Crippen LogP contribution in [-0.4, -0.2) is 4.98 Å². The molecule has 1 heterocycles. The summed E-state index contributed by atoms with van der Waals surface area (Å²) in [5.74, 6) is 0. The first-order valence-electron chi connectivity index (χ1n) is 15.7. The number of hydrogen-bond donors (Lipinski definition) is 0. The molecular formula is C43H30N2. The van der Waals surface area contributed by atoms with E-state index in [1.165, 1.54) is 76.7 Å². The Labute approximate surface area is 262 Å². The molecule has 2 aliphatic rings. The van der Waals surface area contributed by atoms with Crippen LogP contribution in [0.15, 0.2) is 121 Å². The highest BCUT2D eigenvalue weighted by molar-refractivity contribution is 6.25. The van der Waals surface area contributed by atoms with Crippen LogP contribution in [0, 0.1) is 6.57 Å². The Morgan fingerprint density at radius 3 is 2.18 bits per heavy atom. The zero-order chi connectivity index (χ0) is 30.3. The fourth-order valence-corrected chi connectivity index (χ4v) is 7.76. The molecule has 0 N–H and O–H groups in total. The van der Waals surface area contributed by atoms with Gasteiger partial charge in [0.25, 0.3) is 0 Å². The summed E-state index contributed by atoms with van der Waals surface area (Å²) in [4.78, 5) is 9.12. The van der Waals surface area contributed by atoms with Gasteiger partial charge >= 0.3 is 0 Å². The number of benzene rings is 6. The van der Waals surface area contributed by atoms with E-state index in [1.807, 2.05) is 6.07 Å². The van der Waals surface area contributed by atoms with Crippen LogP contribution in [-0.2, 0) is 5.41 Å². The molecule has 45 heavy (non-hydrogen) atoms. The van der Waals surface area contributed by atoms with E-state index in [-0.39, 0.29) is 5.41 Å². The summed E-state index contributed by atoms with van der Waals surface area (Å²) in [5.41, 5.74) is 11.2. The van der Waals surface area contributed by atoms with Crippen LogP contribution in [0.3, 0.4) is 0 Å². The predicted molar refractivity (Wildman–Crippen MR) is 190 cm³/mol. The lowest BCUT2D eigenvalue weighted by molar-refractivity contribution is 0.661. The van der Waals surface area contributed by atoms with Crippen molar-refractivity contribution in [3.05, 3.63) is 150 Å². The summed E-state index contributed by atoms with van der Waals surface area (Å²) in [6.07, 6.45) is 8.96. The van der Waals surface area contributed by atoms with E-state index in [1.54, 1.807) is 0 Å². The molecule has 1 aromatic heterocycles. The summed E-state index contributed by atoms with van der Waals surface area (Å²) in [6, 6.07) is 37.5. The van der Waals surface area contributed by atoms with Crippen LogP contribution in [0.5, 0.6) is 0 Å². The summed E-state index contributed by atoms with van der Waals surface area (Å²) in [5, 5.41) is 8.58. The van der Waals surface area contributed by atoms with Crippen LogP contribution >= 0.6 is 0 Å². The van der Waals surface area contributed by atoms with Crippen molar-refractivity contribution in [1.29, 1.82) is 0 Å². The van der Waals surface area contributed by atoms with Gasteiger partial charge in [0.2, 0.25) is 0 Å². The van der Waals surface area contributed by atoms with E-state index in [4.69, 9.17) is 11.6 Å². The first-order valence-corrected chi connectivity index (χ1v) is 15.7. The maximum atomic E-state index is 7.58. The Balaban J connectivity index is 1.37. The lowest BCUT2D eigenvalue weighted by Crippen LogP contribution is -2.14. The van der Waals surface area contributed by atoms with Gasteiger partial charge in [-0.2, -0.15) is 0 Å². The van der Waals surface area contributed by atoms with Crippen molar-refractivity contribution in [2.75, 3.05) is 0 Å². The number of hydrogen-bond acceptors (Lipinski definition) is 1. The van der Waals surface area contributed by atoms with Crippen molar-refractivity contribution in [3.8, 4) is 22.3 Å². The first kappa shape index (κ1) is 25.9. The standard InChI is InChI=1S/C43H30N2/c1-43(2)38-22-29(17-19-32(38)33-20-18-30(44-3)24-39(33)43)35-25-37-41(34-16-10-9-15-31(34)35)36-21-27-13-7-8-14-28(27)23-40(36)45-42(37)26-11-5-4-6-12-26/h5,7-25H,4,6H2,1-2H3. The summed E-state index contributed by atoms with van der Waals surface area (Å²) >= 11 is 0. The van der Waals surface area contributed by atoms with E-state index < -0.39 is 0 Å². The fourth-order valence-electron chi connectivity index (χ4n) is 7.76. The van der Waals surface area contributed by atoms with Gasteiger partial charge in [-0.1, -0.05) is 111 Å². The van der Waals surface area contributed by atoms with E-state index in [0.717, 1.165) is 24.1 Å². The minimum Gasteiger partial charge on any atom is -0.247 e. The van der Waals surface area contributed by atoms with E-state index in [2.05, 4.69) is 134 Å². The van der Waals surface area contributed by atoms with Crippen molar-refractivity contribution in [2.24, 2.45) is 0 Å². The normalized spacial score (nSPS) is 14.9. The molecule has 0 bridgehead atoms. The molecule has 7 aromatic rings. The number of fused-ring (bicyclic) bond motifs is 9. The lowest BCUT2D eigenvalue weighted by Gasteiger charge is -2.23. The zero-order valence-corrected chi connectivity index (χ0v) is 25.4. The monoisotopic (exact) mass is 574 g/mol. The highest BCUT2D eigenvalue weighted by Gasteiger charge is 2.35. The number of rotatable bonds is 2. The Hall–Kier alpha value is -5.52. The maximum absolute atomic E-state index is 7.58. The summed E-state index contributed by atoms with van der Waals surface area (Å²) < 4.78 is 0. The molecule has 0 atom stereocenters. The average molecular weight is 575 g/mol. The number of nitrogens with zero attached hydrogens (tertiary/aromatic N) is 2. The summed E-state index contributed by atoms with van der Waals surface area (Å²) in [6.45, 7) is 12.2. The van der Waals surface area contributed by atoms with Crippen molar-refractivity contribution in [2.45, 2.75) is 32.1 Å². The van der Waals surface area contributed by atoms with E-state index in [0.29, 0.717) is 5.69 Å². The molecule has 6 aromatic carbocycles. The minimum atomic E-state index is -0.199. The largest absolute Gasteiger partial charge is 0.247 e. The quantitative estimate of drug-likeness (QED) is 0.114. The van der Waals surface area contributed by atoms with Gasteiger partial charge in [-0.15, -0.1) is 0 Å². The SMILES string of the molecule is [C-]#[N+]c1ccc2c(c1)C(C)(C)c1cc(-c3cc4c(C5=CCCC=C5)nc5cc6ccccc6cc5c4c4ccccc34)ccc1-2. The predicted octanol–water partition coefficient (Wildman–Crippen LogP) is 12.0. The van der Waals surface area contributed by atoms with Crippen LogP contribution in [0.4, 0.5) is 5.69 Å².